The van der Waals surface area contributed by atoms with Gasteiger partial charge < -0.3 is 10.1 Å². The molecular formula is C24H20N4OS. The van der Waals surface area contributed by atoms with Crippen LogP contribution >= 0.6 is 11.9 Å². The highest BCUT2D eigenvalue weighted by Gasteiger charge is 2.12. The molecule has 1 aliphatic rings. The van der Waals surface area contributed by atoms with Gasteiger partial charge in [-0.1, -0.05) is 42.5 Å². The molecule has 0 unspecified atom stereocenters. The van der Waals surface area contributed by atoms with Gasteiger partial charge in [-0.2, -0.15) is 4.98 Å². The van der Waals surface area contributed by atoms with Gasteiger partial charge in [-0.3, -0.25) is 4.72 Å². The highest BCUT2D eigenvalue weighted by Crippen LogP contribution is 2.31. The van der Waals surface area contributed by atoms with E-state index in [2.05, 4.69) is 58.3 Å². The van der Waals surface area contributed by atoms with Gasteiger partial charge in [0.1, 0.15) is 5.75 Å². The minimum Gasteiger partial charge on any atom is -0.439 e. The quantitative estimate of drug-likeness (QED) is 0.358. The molecule has 0 amide bonds. The summed E-state index contributed by atoms with van der Waals surface area (Å²) >= 11 is 1.47. The number of nitrogens with zero attached hydrogens (tertiary/aromatic N) is 2. The number of benzene rings is 3. The van der Waals surface area contributed by atoms with E-state index in [1.54, 1.807) is 0 Å². The van der Waals surface area contributed by atoms with Gasteiger partial charge in [0.15, 0.2) is 0 Å². The largest absolute Gasteiger partial charge is 0.439 e. The molecule has 30 heavy (non-hydrogen) atoms. The number of ether oxygens (including phenoxy) is 1. The fourth-order valence-corrected chi connectivity index (χ4v) is 3.97. The van der Waals surface area contributed by atoms with E-state index in [-0.39, 0.29) is 0 Å². The lowest BCUT2D eigenvalue weighted by atomic mass is 10.1. The Morgan fingerprint density at radius 3 is 2.73 bits per heavy atom. The first-order valence-electron chi connectivity index (χ1n) is 9.72. The molecule has 2 heterocycles. The van der Waals surface area contributed by atoms with Crippen LogP contribution in [-0.4, -0.2) is 9.97 Å². The van der Waals surface area contributed by atoms with Gasteiger partial charge in [-0.25, -0.2) is 4.98 Å². The predicted octanol–water partition coefficient (Wildman–Crippen LogP) is 6.29. The van der Waals surface area contributed by atoms with Crippen molar-refractivity contribution in [3.63, 3.8) is 0 Å². The minimum absolute atomic E-state index is 0.502. The number of hydrogen-bond acceptors (Lipinski definition) is 6. The molecule has 0 fully saturated rings. The summed E-state index contributed by atoms with van der Waals surface area (Å²) in [5, 5.41) is 3.46. The zero-order valence-corrected chi connectivity index (χ0v) is 17.2. The fraction of sp³-hybridized carbons (Fsp3) is 0.0833. The third-order valence-electron chi connectivity index (χ3n) is 4.84. The van der Waals surface area contributed by atoms with Crippen LogP contribution in [-0.2, 0) is 6.54 Å². The number of aromatic nitrogens is 2. The molecule has 0 saturated carbocycles. The van der Waals surface area contributed by atoms with E-state index in [1.165, 1.54) is 11.9 Å². The van der Waals surface area contributed by atoms with E-state index < -0.39 is 0 Å². The molecule has 0 saturated heterocycles. The van der Waals surface area contributed by atoms with Gasteiger partial charge in [0, 0.05) is 28.8 Å². The third-order valence-corrected chi connectivity index (χ3v) is 5.61. The predicted molar refractivity (Wildman–Crippen MR) is 122 cm³/mol. The highest BCUT2D eigenvalue weighted by atomic mass is 32.2. The molecule has 0 radical (unpaired) electrons. The van der Waals surface area contributed by atoms with Gasteiger partial charge in [0.05, 0.1) is 5.69 Å². The lowest BCUT2D eigenvalue weighted by Crippen LogP contribution is -2.02. The van der Waals surface area contributed by atoms with Crippen molar-refractivity contribution in [3.05, 3.63) is 90.0 Å². The van der Waals surface area contributed by atoms with Crippen molar-refractivity contribution >= 4 is 23.6 Å². The van der Waals surface area contributed by atoms with Crippen molar-refractivity contribution in [2.75, 3.05) is 10.0 Å². The first-order chi connectivity index (χ1) is 14.7. The molecule has 1 aliphatic heterocycles. The van der Waals surface area contributed by atoms with Crippen LogP contribution in [0.5, 0.6) is 11.6 Å². The first-order valence-corrected chi connectivity index (χ1v) is 10.5. The maximum atomic E-state index is 6.13. The summed E-state index contributed by atoms with van der Waals surface area (Å²) in [6, 6.07) is 26.4. The monoisotopic (exact) mass is 412 g/mol. The van der Waals surface area contributed by atoms with Crippen LogP contribution in [0.3, 0.4) is 0 Å². The van der Waals surface area contributed by atoms with Crippen molar-refractivity contribution in [2.24, 2.45) is 0 Å². The lowest BCUT2D eigenvalue weighted by Gasteiger charge is -2.14. The van der Waals surface area contributed by atoms with Crippen molar-refractivity contribution in [1.82, 2.24) is 9.97 Å². The Morgan fingerprint density at radius 2 is 1.80 bits per heavy atom. The van der Waals surface area contributed by atoms with Crippen molar-refractivity contribution in [3.8, 4) is 22.9 Å². The second kappa shape index (κ2) is 8.08. The maximum Gasteiger partial charge on any atom is 0.237 e. The second-order valence-corrected chi connectivity index (χ2v) is 7.94. The SMILES string of the molecule is Cc1ccccc1-c1cc2nc(n1)NSc1cccc(c1)NCc1cccc(c1)O2. The highest BCUT2D eigenvalue weighted by molar-refractivity contribution is 8.00. The Morgan fingerprint density at radius 1 is 0.900 bits per heavy atom. The summed E-state index contributed by atoms with van der Waals surface area (Å²) in [5.41, 5.74) is 5.21. The molecule has 3 aromatic carbocycles. The number of fused-ring (bicyclic) bond motifs is 6. The standard InChI is InChI=1S/C24H20N4OS/c1-16-6-2-3-11-21(16)22-14-23-27-24(26-22)28-30-20-10-5-8-18(13-20)25-15-17-7-4-9-19(12-17)29-23/h2-14,25H,15H2,1H3,(H,26,27,28). The fourth-order valence-electron chi connectivity index (χ4n) is 3.34. The average Bonchev–Trinajstić information content (AvgIpc) is 2.77. The van der Waals surface area contributed by atoms with Crippen LogP contribution < -0.4 is 14.8 Å². The molecule has 2 N–H and O–H groups in total. The summed E-state index contributed by atoms with van der Waals surface area (Å²) in [7, 11) is 0. The van der Waals surface area contributed by atoms with E-state index in [9.17, 15) is 0 Å². The number of rotatable bonds is 1. The molecule has 5 nitrogen and oxygen atoms in total. The zero-order chi connectivity index (χ0) is 20.3. The number of nitrogens with one attached hydrogen (secondary N) is 2. The van der Waals surface area contributed by atoms with Crippen molar-refractivity contribution < 1.29 is 4.74 Å². The van der Waals surface area contributed by atoms with Gasteiger partial charge in [0.2, 0.25) is 11.8 Å². The van der Waals surface area contributed by atoms with Crippen LogP contribution in [0.25, 0.3) is 11.3 Å². The second-order valence-electron chi connectivity index (χ2n) is 7.06. The van der Waals surface area contributed by atoms with E-state index in [0.29, 0.717) is 18.4 Å². The number of anilines is 2. The maximum absolute atomic E-state index is 6.13. The van der Waals surface area contributed by atoms with E-state index >= 15 is 0 Å². The molecule has 0 aliphatic carbocycles. The number of hydrogen-bond donors (Lipinski definition) is 2. The molecule has 6 heteroatoms. The first kappa shape index (κ1) is 18.5. The molecular weight excluding hydrogens is 392 g/mol. The molecule has 0 spiro atoms. The van der Waals surface area contributed by atoms with E-state index in [1.807, 2.05) is 42.5 Å². The van der Waals surface area contributed by atoms with Crippen LogP contribution in [0.15, 0.2) is 83.8 Å². The summed E-state index contributed by atoms with van der Waals surface area (Å²) in [6.07, 6.45) is 0. The van der Waals surface area contributed by atoms with Crippen LogP contribution in [0.1, 0.15) is 11.1 Å². The normalized spacial score (nSPS) is 12.7. The lowest BCUT2D eigenvalue weighted by molar-refractivity contribution is 0.462. The smallest absolute Gasteiger partial charge is 0.237 e. The molecule has 5 rings (SSSR count). The molecule has 6 bridgehead atoms. The topological polar surface area (TPSA) is 59.1 Å². The minimum atomic E-state index is 0.502. The Hall–Kier alpha value is -3.51. The summed E-state index contributed by atoms with van der Waals surface area (Å²) in [4.78, 5) is 10.4. The van der Waals surface area contributed by atoms with Gasteiger partial charge in [-0.05, 0) is 60.3 Å². The summed E-state index contributed by atoms with van der Waals surface area (Å²) in [5.74, 6) is 1.75. The molecule has 4 aromatic rings. The Labute approximate surface area is 179 Å². The van der Waals surface area contributed by atoms with Crippen LogP contribution in [0.2, 0.25) is 0 Å². The van der Waals surface area contributed by atoms with Crippen LogP contribution in [0, 0.1) is 6.92 Å². The average molecular weight is 413 g/mol. The Bertz CT molecular complexity index is 1210. The van der Waals surface area contributed by atoms with Gasteiger partial charge in [0.25, 0.3) is 0 Å². The van der Waals surface area contributed by atoms with Crippen molar-refractivity contribution in [2.45, 2.75) is 18.4 Å². The summed E-state index contributed by atoms with van der Waals surface area (Å²) in [6.45, 7) is 2.79. The van der Waals surface area contributed by atoms with Gasteiger partial charge in [-0.15, -0.1) is 0 Å². The van der Waals surface area contributed by atoms with Crippen LogP contribution in [0.4, 0.5) is 11.6 Å². The molecule has 0 atom stereocenters. The Balaban J connectivity index is 1.61. The van der Waals surface area contributed by atoms with E-state index in [0.717, 1.165) is 38.7 Å². The van der Waals surface area contributed by atoms with Crippen molar-refractivity contribution in [1.29, 1.82) is 0 Å². The summed E-state index contributed by atoms with van der Waals surface area (Å²) < 4.78 is 9.40. The molecule has 148 valence electrons. The zero-order valence-electron chi connectivity index (χ0n) is 16.4. The van der Waals surface area contributed by atoms with Gasteiger partial charge >= 0.3 is 0 Å². The Kier molecular flexibility index (Phi) is 4.99. The van der Waals surface area contributed by atoms with E-state index in [4.69, 9.17) is 9.72 Å². The third kappa shape index (κ3) is 4.09. The number of aryl methyl sites for hydroxylation is 1. The molecule has 1 aromatic heterocycles.